The van der Waals surface area contributed by atoms with E-state index in [1.165, 1.54) is 0 Å². The molecule has 0 aromatic heterocycles. The summed E-state index contributed by atoms with van der Waals surface area (Å²) in [6.45, 7) is 1.23. The molecule has 0 amide bonds. The molecule has 4 heteroatoms. The summed E-state index contributed by atoms with van der Waals surface area (Å²) in [5.74, 6) is 1.06. The Kier molecular flexibility index (Phi) is 4.84. The second-order valence-corrected chi connectivity index (χ2v) is 7.52. The van der Waals surface area contributed by atoms with Crippen molar-refractivity contribution in [2.45, 2.75) is 18.0 Å². The van der Waals surface area contributed by atoms with Gasteiger partial charge in [-0.2, -0.15) is 0 Å². The van der Waals surface area contributed by atoms with Gasteiger partial charge in [-0.15, -0.1) is 0 Å². The van der Waals surface area contributed by atoms with E-state index in [9.17, 15) is 0 Å². The van der Waals surface area contributed by atoms with Crippen LogP contribution in [0.4, 0.5) is 0 Å². The zero-order valence-electron chi connectivity index (χ0n) is 16.4. The largest absolute Gasteiger partial charge is 0.497 e. The second kappa shape index (κ2) is 7.64. The fourth-order valence-electron chi connectivity index (χ4n) is 4.19. The van der Waals surface area contributed by atoms with Crippen LogP contribution in [0.3, 0.4) is 0 Å². The molecule has 2 aliphatic rings. The Labute approximate surface area is 171 Å². The highest BCUT2D eigenvalue weighted by molar-refractivity contribution is 5.48. The highest BCUT2D eigenvalue weighted by Gasteiger charge is 2.53. The molecule has 0 radical (unpaired) electrons. The summed E-state index contributed by atoms with van der Waals surface area (Å²) in [6, 6.07) is 28.9. The summed E-state index contributed by atoms with van der Waals surface area (Å²) in [7, 11) is 1.68. The normalized spacial score (nSPS) is 22.9. The number of hydrogen-bond acceptors (Lipinski definition) is 4. The third kappa shape index (κ3) is 3.33. The van der Waals surface area contributed by atoms with Crippen LogP contribution in [0.1, 0.15) is 16.7 Å². The molecule has 2 saturated heterocycles. The van der Waals surface area contributed by atoms with Gasteiger partial charge in [-0.05, 0) is 28.8 Å². The quantitative estimate of drug-likeness (QED) is 0.445. The fourth-order valence-corrected chi connectivity index (χ4v) is 4.19. The maximum absolute atomic E-state index is 6.84. The van der Waals surface area contributed by atoms with E-state index in [4.69, 9.17) is 18.9 Å². The summed E-state index contributed by atoms with van der Waals surface area (Å²) in [6.07, 6.45) is 0.127. The Morgan fingerprint density at radius 3 is 1.90 bits per heavy atom. The average Bonchev–Trinajstić information content (AvgIpc) is 3.48. The number of rotatable bonds is 7. The molecular weight excluding hydrogens is 364 g/mol. The first-order valence-corrected chi connectivity index (χ1v) is 9.98. The molecule has 3 aromatic rings. The predicted molar refractivity (Wildman–Crippen MR) is 110 cm³/mol. The maximum atomic E-state index is 6.84. The molecule has 2 heterocycles. The minimum absolute atomic E-state index is 0.0348. The van der Waals surface area contributed by atoms with Gasteiger partial charge < -0.3 is 18.9 Å². The lowest BCUT2D eigenvalue weighted by Crippen LogP contribution is -2.35. The third-order valence-corrected chi connectivity index (χ3v) is 5.79. The van der Waals surface area contributed by atoms with Crippen LogP contribution in [0.15, 0.2) is 84.9 Å². The van der Waals surface area contributed by atoms with Crippen molar-refractivity contribution in [1.29, 1.82) is 0 Å². The van der Waals surface area contributed by atoms with Gasteiger partial charge in [-0.3, -0.25) is 0 Å². The van der Waals surface area contributed by atoms with Crippen LogP contribution in [0.5, 0.6) is 5.75 Å². The topological polar surface area (TPSA) is 40.2 Å². The van der Waals surface area contributed by atoms with Crippen LogP contribution >= 0.6 is 0 Å². The summed E-state index contributed by atoms with van der Waals surface area (Å²) >= 11 is 0. The third-order valence-electron chi connectivity index (χ3n) is 5.79. The van der Waals surface area contributed by atoms with Crippen LogP contribution in [-0.2, 0) is 19.8 Å². The standard InChI is InChI=1S/C25H24O4/c1-26-22-14-12-21(13-15-22)25(19-8-4-2-5-9-19,20-10-6-3-7-11-20)28-17-18-16-27-24-23(18)29-24/h2-15,18,23-24H,16-17H2,1H3/t18-,23+,24+/m1/s1. The number of benzene rings is 3. The average molecular weight is 388 g/mol. The Bertz CT molecular complexity index is 900. The van der Waals surface area contributed by atoms with Gasteiger partial charge >= 0.3 is 0 Å². The van der Waals surface area contributed by atoms with Crippen LogP contribution < -0.4 is 4.74 Å². The van der Waals surface area contributed by atoms with Crippen LogP contribution in [-0.4, -0.2) is 32.7 Å². The number of ether oxygens (including phenoxy) is 4. The molecule has 0 aliphatic carbocycles. The molecule has 0 saturated carbocycles. The zero-order valence-corrected chi connectivity index (χ0v) is 16.4. The Balaban J connectivity index is 1.62. The lowest BCUT2D eigenvalue weighted by Gasteiger charge is -2.36. The van der Waals surface area contributed by atoms with Gasteiger partial charge in [0.05, 0.1) is 20.3 Å². The van der Waals surface area contributed by atoms with Crippen molar-refractivity contribution >= 4 is 0 Å². The van der Waals surface area contributed by atoms with Crippen LogP contribution in [0.25, 0.3) is 0 Å². The Morgan fingerprint density at radius 1 is 0.828 bits per heavy atom. The van der Waals surface area contributed by atoms with Gasteiger partial charge in [0.15, 0.2) is 6.29 Å². The summed E-state index contributed by atoms with van der Waals surface area (Å²) in [5.41, 5.74) is 2.50. The Hall–Kier alpha value is -2.66. The summed E-state index contributed by atoms with van der Waals surface area (Å²) in [4.78, 5) is 0. The SMILES string of the molecule is COc1ccc(C(OC[C@H]2CO[C@H]3O[C@@H]23)(c2ccccc2)c2ccccc2)cc1. The molecule has 0 N–H and O–H groups in total. The first-order chi connectivity index (χ1) is 14.3. The van der Waals surface area contributed by atoms with E-state index in [0.29, 0.717) is 13.2 Å². The molecule has 2 fully saturated rings. The highest BCUT2D eigenvalue weighted by Crippen LogP contribution is 2.44. The van der Waals surface area contributed by atoms with Gasteiger partial charge in [0.1, 0.15) is 17.5 Å². The number of hydrogen-bond donors (Lipinski definition) is 0. The zero-order chi connectivity index (χ0) is 19.7. The molecule has 4 nitrogen and oxygen atoms in total. The van der Waals surface area contributed by atoms with E-state index in [2.05, 4.69) is 60.7 Å². The fraction of sp³-hybridized carbons (Fsp3) is 0.280. The van der Waals surface area contributed by atoms with E-state index in [1.54, 1.807) is 7.11 Å². The van der Waals surface area contributed by atoms with Crippen molar-refractivity contribution in [2.75, 3.05) is 20.3 Å². The van der Waals surface area contributed by atoms with Gasteiger partial charge in [-0.25, -0.2) is 0 Å². The molecule has 3 atom stereocenters. The second-order valence-electron chi connectivity index (χ2n) is 7.52. The van der Waals surface area contributed by atoms with Crippen LogP contribution in [0, 0.1) is 5.92 Å². The van der Waals surface area contributed by atoms with Crippen molar-refractivity contribution < 1.29 is 18.9 Å². The maximum Gasteiger partial charge on any atom is 0.184 e. The molecule has 0 unspecified atom stereocenters. The highest BCUT2D eigenvalue weighted by atomic mass is 16.8. The van der Waals surface area contributed by atoms with Gasteiger partial charge in [0, 0.05) is 5.92 Å². The van der Waals surface area contributed by atoms with Crippen molar-refractivity contribution in [3.8, 4) is 5.75 Å². The van der Waals surface area contributed by atoms with E-state index in [0.717, 1.165) is 22.4 Å². The number of fused-ring (bicyclic) bond motifs is 1. The predicted octanol–water partition coefficient (Wildman–Crippen LogP) is 4.38. The van der Waals surface area contributed by atoms with Crippen molar-refractivity contribution in [3.63, 3.8) is 0 Å². The molecular formula is C25H24O4. The molecule has 148 valence electrons. The summed E-state index contributed by atoms with van der Waals surface area (Å²) in [5, 5.41) is 0. The lowest BCUT2D eigenvalue weighted by molar-refractivity contribution is -0.0401. The lowest BCUT2D eigenvalue weighted by atomic mass is 9.80. The monoisotopic (exact) mass is 388 g/mol. The van der Waals surface area contributed by atoms with Crippen LogP contribution in [0.2, 0.25) is 0 Å². The first kappa shape index (κ1) is 18.4. The molecule has 5 rings (SSSR count). The molecule has 29 heavy (non-hydrogen) atoms. The van der Waals surface area contributed by atoms with Gasteiger partial charge in [0.25, 0.3) is 0 Å². The van der Waals surface area contributed by atoms with Crippen molar-refractivity contribution in [2.24, 2.45) is 5.92 Å². The van der Waals surface area contributed by atoms with E-state index in [-0.39, 0.29) is 18.3 Å². The van der Waals surface area contributed by atoms with E-state index in [1.807, 2.05) is 24.3 Å². The first-order valence-electron chi connectivity index (χ1n) is 9.98. The molecule has 0 bridgehead atoms. The van der Waals surface area contributed by atoms with Gasteiger partial charge in [0.2, 0.25) is 0 Å². The van der Waals surface area contributed by atoms with Crippen molar-refractivity contribution in [3.05, 3.63) is 102 Å². The molecule has 2 aliphatic heterocycles. The van der Waals surface area contributed by atoms with E-state index >= 15 is 0 Å². The minimum Gasteiger partial charge on any atom is -0.497 e. The van der Waals surface area contributed by atoms with Crippen molar-refractivity contribution in [1.82, 2.24) is 0 Å². The number of epoxide rings is 1. The molecule has 0 spiro atoms. The number of methoxy groups -OCH3 is 1. The Morgan fingerprint density at radius 2 is 1.41 bits per heavy atom. The minimum atomic E-state index is -0.734. The smallest absolute Gasteiger partial charge is 0.184 e. The summed E-state index contributed by atoms with van der Waals surface area (Å²) < 4.78 is 23.4. The van der Waals surface area contributed by atoms with E-state index < -0.39 is 5.60 Å². The molecule has 3 aromatic carbocycles. The van der Waals surface area contributed by atoms with Gasteiger partial charge in [-0.1, -0.05) is 72.8 Å².